The molecule has 0 atom stereocenters. The Kier molecular flexibility index (Phi) is 3.87. The maximum atomic E-state index is 13.4. The van der Waals surface area contributed by atoms with Crippen LogP contribution in [0.1, 0.15) is 6.42 Å². The van der Waals surface area contributed by atoms with Crippen LogP contribution in [-0.2, 0) is 9.59 Å². The Labute approximate surface area is 135 Å². The summed E-state index contributed by atoms with van der Waals surface area (Å²) in [6.45, 7) is 0. The largest absolute Gasteiger partial charge is 0.273 e. The van der Waals surface area contributed by atoms with Gasteiger partial charge in [0.25, 0.3) is 0 Å². The Morgan fingerprint density at radius 3 is 1.65 bits per heavy atom. The lowest BCUT2D eigenvalue weighted by molar-refractivity contribution is -0.126. The summed E-state index contributed by atoms with van der Waals surface area (Å²) in [5, 5.41) is -0.137. The standard InChI is InChI=1S/C16H10F2N2O2S/c17-10-3-1-5-12(7-10)19-14(21)9-15(22)20(16(19)23)13-6-2-4-11(18)8-13/h1-8H,9H2. The molecule has 2 amide bonds. The molecule has 2 aromatic rings. The Morgan fingerprint density at radius 1 is 0.826 bits per heavy atom. The maximum Gasteiger partial charge on any atom is 0.242 e. The van der Waals surface area contributed by atoms with Crippen LogP contribution in [0.3, 0.4) is 0 Å². The van der Waals surface area contributed by atoms with Crippen molar-refractivity contribution in [1.82, 2.24) is 0 Å². The van der Waals surface area contributed by atoms with Gasteiger partial charge < -0.3 is 0 Å². The Hall–Kier alpha value is -2.67. The van der Waals surface area contributed by atoms with Gasteiger partial charge in [0, 0.05) is 0 Å². The van der Waals surface area contributed by atoms with Crippen LogP contribution in [0.25, 0.3) is 0 Å². The number of hydrogen-bond donors (Lipinski definition) is 0. The van der Waals surface area contributed by atoms with E-state index in [0.717, 1.165) is 21.9 Å². The first kappa shape index (κ1) is 15.2. The van der Waals surface area contributed by atoms with Gasteiger partial charge in [-0.25, -0.2) is 8.78 Å². The molecule has 0 radical (unpaired) electrons. The Bertz CT molecular complexity index is 760. The molecular weight excluding hydrogens is 322 g/mol. The third kappa shape index (κ3) is 2.83. The van der Waals surface area contributed by atoms with E-state index < -0.39 is 29.9 Å². The summed E-state index contributed by atoms with van der Waals surface area (Å²) in [7, 11) is 0. The monoisotopic (exact) mass is 332 g/mol. The smallest absolute Gasteiger partial charge is 0.242 e. The number of anilines is 2. The average molecular weight is 332 g/mol. The molecule has 1 aliphatic heterocycles. The number of halogens is 2. The molecule has 1 aliphatic rings. The van der Waals surface area contributed by atoms with E-state index in [1.54, 1.807) is 0 Å². The zero-order chi connectivity index (χ0) is 16.6. The Balaban J connectivity index is 2.04. The molecule has 4 nitrogen and oxygen atoms in total. The van der Waals surface area contributed by atoms with Gasteiger partial charge in [0.1, 0.15) is 18.1 Å². The van der Waals surface area contributed by atoms with E-state index in [2.05, 4.69) is 0 Å². The quantitative estimate of drug-likeness (QED) is 0.627. The summed E-state index contributed by atoms with van der Waals surface area (Å²) in [6, 6.07) is 10.6. The fraction of sp³-hybridized carbons (Fsp3) is 0.0625. The molecule has 0 aromatic heterocycles. The van der Waals surface area contributed by atoms with Crippen molar-refractivity contribution in [3.8, 4) is 0 Å². The minimum atomic E-state index is -0.557. The van der Waals surface area contributed by atoms with Crippen LogP contribution in [0.2, 0.25) is 0 Å². The van der Waals surface area contributed by atoms with Gasteiger partial charge in [-0.1, -0.05) is 12.1 Å². The molecule has 1 saturated heterocycles. The molecule has 0 spiro atoms. The van der Waals surface area contributed by atoms with E-state index in [1.807, 2.05) is 0 Å². The highest BCUT2D eigenvalue weighted by Crippen LogP contribution is 2.27. The number of carbonyl (C=O) groups is 2. The number of benzene rings is 2. The number of nitrogens with zero attached hydrogens (tertiary/aromatic N) is 2. The van der Waals surface area contributed by atoms with Gasteiger partial charge in [-0.05, 0) is 48.6 Å². The van der Waals surface area contributed by atoms with Crippen LogP contribution in [0.5, 0.6) is 0 Å². The van der Waals surface area contributed by atoms with E-state index in [-0.39, 0.29) is 16.5 Å². The van der Waals surface area contributed by atoms with Crippen LogP contribution in [0.4, 0.5) is 20.2 Å². The molecule has 7 heteroatoms. The molecule has 0 unspecified atom stereocenters. The van der Waals surface area contributed by atoms with Crippen LogP contribution in [0, 0.1) is 11.6 Å². The zero-order valence-corrected chi connectivity index (χ0v) is 12.5. The van der Waals surface area contributed by atoms with Crippen LogP contribution < -0.4 is 9.80 Å². The number of thiocarbonyl (C=S) groups is 1. The highest BCUT2D eigenvalue weighted by molar-refractivity contribution is 7.81. The first-order valence-corrected chi connectivity index (χ1v) is 7.09. The fourth-order valence-electron chi connectivity index (χ4n) is 2.34. The van der Waals surface area contributed by atoms with Gasteiger partial charge in [0.05, 0.1) is 11.4 Å². The van der Waals surface area contributed by atoms with Crippen LogP contribution in [-0.4, -0.2) is 16.9 Å². The topological polar surface area (TPSA) is 40.6 Å². The van der Waals surface area contributed by atoms with E-state index in [0.29, 0.717) is 0 Å². The highest BCUT2D eigenvalue weighted by atomic mass is 32.1. The van der Waals surface area contributed by atoms with E-state index in [9.17, 15) is 18.4 Å². The predicted octanol–water partition coefficient (Wildman–Crippen LogP) is 3.02. The molecule has 0 bridgehead atoms. The Morgan fingerprint density at radius 2 is 1.26 bits per heavy atom. The molecule has 116 valence electrons. The molecule has 23 heavy (non-hydrogen) atoms. The zero-order valence-electron chi connectivity index (χ0n) is 11.7. The fourth-order valence-corrected chi connectivity index (χ4v) is 2.75. The second-order valence-electron chi connectivity index (χ2n) is 4.88. The number of carbonyl (C=O) groups excluding carboxylic acids is 2. The summed E-state index contributed by atoms with van der Waals surface area (Å²) in [6.07, 6.45) is -0.437. The molecule has 2 aromatic carbocycles. The lowest BCUT2D eigenvalue weighted by atomic mass is 10.2. The van der Waals surface area contributed by atoms with Crippen molar-refractivity contribution in [2.24, 2.45) is 0 Å². The van der Waals surface area contributed by atoms with Crippen molar-refractivity contribution < 1.29 is 18.4 Å². The first-order valence-electron chi connectivity index (χ1n) is 6.68. The van der Waals surface area contributed by atoms with Crippen LogP contribution in [0.15, 0.2) is 48.5 Å². The third-order valence-electron chi connectivity index (χ3n) is 3.32. The van der Waals surface area contributed by atoms with Gasteiger partial charge >= 0.3 is 0 Å². The summed E-state index contributed by atoms with van der Waals surface area (Å²) in [5.41, 5.74) is 0.433. The van der Waals surface area contributed by atoms with Crippen LogP contribution >= 0.6 is 12.2 Å². The minimum Gasteiger partial charge on any atom is -0.273 e. The van der Waals surface area contributed by atoms with Crippen molar-refractivity contribution in [3.63, 3.8) is 0 Å². The van der Waals surface area contributed by atoms with Crippen molar-refractivity contribution in [2.75, 3.05) is 9.80 Å². The normalized spacial score (nSPS) is 15.3. The molecule has 1 fully saturated rings. The lowest BCUT2D eigenvalue weighted by Gasteiger charge is -2.35. The second kappa shape index (κ2) is 5.85. The molecular formula is C16H10F2N2O2S. The van der Waals surface area contributed by atoms with Gasteiger partial charge in [0.15, 0.2) is 5.11 Å². The summed E-state index contributed by atoms with van der Waals surface area (Å²) in [4.78, 5) is 26.5. The summed E-state index contributed by atoms with van der Waals surface area (Å²) < 4.78 is 26.8. The first-order chi connectivity index (χ1) is 11.0. The third-order valence-corrected chi connectivity index (χ3v) is 3.68. The maximum absolute atomic E-state index is 13.4. The van der Waals surface area contributed by atoms with Gasteiger partial charge in [0.2, 0.25) is 11.8 Å². The molecule has 0 saturated carbocycles. The van der Waals surface area contributed by atoms with Crippen molar-refractivity contribution in [2.45, 2.75) is 6.42 Å². The predicted molar refractivity (Wildman–Crippen MR) is 85.0 cm³/mol. The number of rotatable bonds is 2. The highest BCUT2D eigenvalue weighted by Gasteiger charge is 2.37. The van der Waals surface area contributed by atoms with Gasteiger partial charge in [-0.15, -0.1) is 0 Å². The molecule has 3 rings (SSSR count). The van der Waals surface area contributed by atoms with Crippen molar-refractivity contribution in [3.05, 3.63) is 60.2 Å². The number of amides is 2. The van der Waals surface area contributed by atoms with Gasteiger partial charge in [-0.2, -0.15) is 0 Å². The molecule has 0 N–H and O–H groups in total. The van der Waals surface area contributed by atoms with Gasteiger partial charge in [-0.3, -0.25) is 19.4 Å². The summed E-state index contributed by atoms with van der Waals surface area (Å²) >= 11 is 5.22. The van der Waals surface area contributed by atoms with E-state index >= 15 is 0 Å². The lowest BCUT2D eigenvalue weighted by Crippen LogP contribution is -2.55. The number of hydrogen-bond acceptors (Lipinski definition) is 3. The SMILES string of the molecule is O=C1CC(=O)N(c2cccc(F)c2)C(=S)N1c1cccc(F)c1. The van der Waals surface area contributed by atoms with Crippen molar-refractivity contribution >= 4 is 40.5 Å². The second-order valence-corrected chi connectivity index (χ2v) is 5.24. The van der Waals surface area contributed by atoms with Crippen molar-refractivity contribution in [1.29, 1.82) is 0 Å². The summed E-state index contributed by atoms with van der Waals surface area (Å²) in [5.74, 6) is -2.18. The van der Waals surface area contributed by atoms with E-state index in [1.165, 1.54) is 36.4 Å². The molecule has 1 heterocycles. The molecule has 0 aliphatic carbocycles. The van der Waals surface area contributed by atoms with E-state index in [4.69, 9.17) is 12.2 Å². The minimum absolute atomic E-state index is 0.137. The average Bonchev–Trinajstić information content (AvgIpc) is 2.47.